The SMILES string of the molecule is C.CC.CC.CNC(C)(C)CC(C)(C)OC(C)(C)CC(C)(C)C. The number of hydrogen-bond acceptors (Lipinski definition) is 2. The molecule has 2 nitrogen and oxygen atoms in total. The van der Waals surface area contributed by atoms with E-state index >= 15 is 0 Å². The molecule has 0 aliphatic carbocycles. The zero-order valence-electron chi connectivity index (χ0n) is 18.3. The van der Waals surface area contributed by atoms with E-state index in [2.05, 4.69) is 67.6 Å². The summed E-state index contributed by atoms with van der Waals surface area (Å²) in [6.07, 6.45) is 2.05. The molecule has 0 fully saturated rings. The van der Waals surface area contributed by atoms with E-state index in [9.17, 15) is 0 Å². The maximum atomic E-state index is 6.40. The second kappa shape index (κ2) is 12.3. The van der Waals surface area contributed by atoms with Gasteiger partial charge in [-0.2, -0.15) is 0 Å². The Kier molecular flexibility index (Phi) is 16.5. The van der Waals surface area contributed by atoms with Gasteiger partial charge < -0.3 is 10.1 Å². The van der Waals surface area contributed by atoms with Crippen LogP contribution in [0.3, 0.4) is 0 Å². The first kappa shape index (κ1) is 30.8. The van der Waals surface area contributed by atoms with Crippen molar-refractivity contribution < 1.29 is 4.74 Å². The van der Waals surface area contributed by atoms with E-state index in [-0.39, 0.29) is 29.6 Å². The first-order valence-corrected chi connectivity index (χ1v) is 9.07. The van der Waals surface area contributed by atoms with E-state index in [1.54, 1.807) is 0 Å². The molecule has 23 heavy (non-hydrogen) atoms. The fourth-order valence-electron chi connectivity index (χ4n) is 3.25. The standard InChI is InChI=1S/C16H35NO.2C2H6.CH4/c1-13(2,3)11-15(6,7)18-16(8,9)12-14(4,5)17-10;2*1-2;/h17H,11-12H2,1-10H3;2*1-2H3;1H4. The number of hydrogen-bond donors (Lipinski definition) is 1. The van der Waals surface area contributed by atoms with Gasteiger partial charge in [0.2, 0.25) is 0 Å². The highest BCUT2D eigenvalue weighted by molar-refractivity contribution is 4.88. The monoisotopic (exact) mass is 333 g/mol. The average Bonchev–Trinajstić information content (AvgIpc) is 2.27. The van der Waals surface area contributed by atoms with Gasteiger partial charge in [-0.15, -0.1) is 0 Å². The van der Waals surface area contributed by atoms with Gasteiger partial charge in [-0.25, -0.2) is 0 Å². The molecule has 0 saturated heterocycles. The largest absolute Gasteiger partial charge is 0.370 e. The number of nitrogens with one attached hydrogen (secondary N) is 1. The summed E-state index contributed by atoms with van der Waals surface area (Å²) in [5.74, 6) is 0. The Morgan fingerprint density at radius 2 is 0.957 bits per heavy atom. The fourth-order valence-corrected chi connectivity index (χ4v) is 3.25. The molecule has 0 saturated carbocycles. The first-order chi connectivity index (χ1) is 9.68. The molecule has 0 amide bonds. The molecular formula is C21H51NO. The van der Waals surface area contributed by atoms with Crippen molar-refractivity contribution in [3.8, 4) is 0 Å². The highest BCUT2D eigenvalue weighted by Gasteiger charge is 2.35. The van der Waals surface area contributed by atoms with E-state index in [4.69, 9.17) is 4.74 Å². The molecule has 0 aliphatic rings. The van der Waals surface area contributed by atoms with Crippen LogP contribution in [0, 0.1) is 5.41 Å². The van der Waals surface area contributed by atoms with Crippen LogP contribution in [0.1, 0.15) is 110 Å². The Labute approximate surface area is 150 Å². The molecule has 0 aromatic carbocycles. The topological polar surface area (TPSA) is 21.3 Å². The lowest BCUT2D eigenvalue weighted by molar-refractivity contribution is -0.146. The third-order valence-electron chi connectivity index (χ3n) is 3.05. The fraction of sp³-hybridized carbons (Fsp3) is 1.00. The molecule has 0 aromatic heterocycles. The Morgan fingerprint density at radius 3 is 1.22 bits per heavy atom. The molecule has 0 aromatic rings. The Hall–Kier alpha value is -0.0800. The molecule has 0 spiro atoms. The Morgan fingerprint density at radius 1 is 0.652 bits per heavy atom. The highest BCUT2D eigenvalue weighted by atomic mass is 16.5. The molecular weight excluding hydrogens is 282 g/mol. The molecule has 0 rings (SSSR count). The van der Waals surface area contributed by atoms with Gasteiger partial charge in [0.1, 0.15) is 0 Å². The normalized spacial score (nSPS) is 12.3. The molecule has 146 valence electrons. The van der Waals surface area contributed by atoms with Gasteiger partial charge in [-0.1, -0.05) is 55.9 Å². The van der Waals surface area contributed by atoms with Crippen molar-refractivity contribution in [2.45, 2.75) is 127 Å². The molecule has 2 heteroatoms. The van der Waals surface area contributed by atoms with Crippen LogP contribution < -0.4 is 5.32 Å². The van der Waals surface area contributed by atoms with E-state index in [0.717, 1.165) is 12.8 Å². The zero-order chi connectivity index (χ0) is 18.8. The predicted molar refractivity (Wildman–Crippen MR) is 110 cm³/mol. The van der Waals surface area contributed by atoms with Crippen molar-refractivity contribution in [1.29, 1.82) is 0 Å². The van der Waals surface area contributed by atoms with Crippen LogP contribution in [0.2, 0.25) is 0 Å². The van der Waals surface area contributed by atoms with Crippen molar-refractivity contribution in [3.63, 3.8) is 0 Å². The summed E-state index contributed by atoms with van der Waals surface area (Å²) in [4.78, 5) is 0. The van der Waals surface area contributed by atoms with Crippen molar-refractivity contribution in [3.05, 3.63) is 0 Å². The van der Waals surface area contributed by atoms with Gasteiger partial charge in [0.05, 0.1) is 11.2 Å². The molecule has 0 bridgehead atoms. The van der Waals surface area contributed by atoms with Crippen molar-refractivity contribution in [1.82, 2.24) is 5.32 Å². The van der Waals surface area contributed by atoms with Crippen molar-refractivity contribution in [2.24, 2.45) is 5.41 Å². The minimum Gasteiger partial charge on any atom is -0.370 e. The summed E-state index contributed by atoms with van der Waals surface area (Å²) in [5.41, 5.74) is 0.173. The van der Waals surface area contributed by atoms with Gasteiger partial charge >= 0.3 is 0 Å². The molecule has 1 N–H and O–H groups in total. The van der Waals surface area contributed by atoms with Gasteiger partial charge in [-0.05, 0) is 66.8 Å². The van der Waals surface area contributed by atoms with Gasteiger partial charge in [0.15, 0.2) is 0 Å². The van der Waals surface area contributed by atoms with Gasteiger partial charge in [0.25, 0.3) is 0 Å². The van der Waals surface area contributed by atoms with E-state index < -0.39 is 0 Å². The maximum Gasteiger partial charge on any atom is 0.0651 e. The molecule has 0 heterocycles. The lowest BCUT2D eigenvalue weighted by Crippen LogP contribution is -2.47. The van der Waals surface area contributed by atoms with Crippen LogP contribution in [0.15, 0.2) is 0 Å². The zero-order valence-corrected chi connectivity index (χ0v) is 18.3. The lowest BCUT2D eigenvalue weighted by Gasteiger charge is -2.42. The second-order valence-electron chi connectivity index (χ2n) is 8.67. The van der Waals surface area contributed by atoms with Crippen LogP contribution in [0.5, 0.6) is 0 Å². The van der Waals surface area contributed by atoms with Crippen molar-refractivity contribution >= 4 is 0 Å². The summed E-state index contributed by atoms with van der Waals surface area (Å²) in [7, 11) is 2.01. The highest BCUT2D eigenvalue weighted by Crippen LogP contribution is 2.35. The quantitative estimate of drug-likeness (QED) is 0.561. The molecule has 0 atom stereocenters. The van der Waals surface area contributed by atoms with Crippen LogP contribution >= 0.6 is 0 Å². The minimum absolute atomic E-state index is 0. The van der Waals surface area contributed by atoms with Crippen molar-refractivity contribution in [2.75, 3.05) is 7.05 Å². The summed E-state index contributed by atoms with van der Waals surface area (Å²) in [6.45, 7) is 28.0. The summed E-state index contributed by atoms with van der Waals surface area (Å²) >= 11 is 0. The minimum atomic E-state index is -0.124. The molecule has 0 radical (unpaired) electrons. The smallest absolute Gasteiger partial charge is 0.0651 e. The third-order valence-corrected chi connectivity index (χ3v) is 3.05. The second-order valence-corrected chi connectivity index (χ2v) is 8.67. The predicted octanol–water partition coefficient (Wildman–Crippen LogP) is 7.07. The Balaban J connectivity index is -0.000000332. The van der Waals surface area contributed by atoms with Gasteiger partial charge in [0, 0.05) is 5.54 Å². The summed E-state index contributed by atoms with van der Waals surface area (Å²) in [6, 6.07) is 0. The third kappa shape index (κ3) is 19.9. The number of ether oxygens (including phenoxy) is 1. The van der Waals surface area contributed by atoms with Crippen LogP contribution in [0.25, 0.3) is 0 Å². The number of rotatable bonds is 6. The summed E-state index contributed by atoms with van der Waals surface area (Å²) < 4.78 is 6.40. The lowest BCUT2D eigenvalue weighted by atomic mass is 9.82. The van der Waals surface area contributed by atoms with Crippen LogP contribution in [-0.4, -0.2) is 23.8 Å². The molecule has 0 unspecified atom stereocenters. The van der Waals surface area contributed by atoms with E-state index in [0.29, 0.717) is 0 Å². The van der Waals surface area contributed by atoms with E-state index in [1.807, 2.05) is 34.7 Å². The van der Waals surface area contributed by atoms with E-state index in [1.165, 1.54) is 0 Å². The Bertz CT molecular complexity index is 260. The van der Waals surface area contributed by atoms with Crippen LogP contribution in [-0.2, 0) is 4.74 Å². The molecule has 0 aliphatic heterocycles. The van der Waals surface area contributed by atoms with Gasteiger partial charge in [-0.3, -0.25) is 0 Å². The summed E-state index contributed by atoms with van der Waals surface area (Å²) in [5, 5.41) is 3.35. The average molecular weight is 334 g/mol. The maximum absolute atomic E-state index is 6.40. The van der Waals surface area contributed by atoms with Crippen LogP contribution in [0.4, 0.5) is 0 Å². The first-order valence-electron chi connectivity index (χ1n) is 9.07.